The molecule has 100 valence electrons. The molecule has 0 fully saturated rings. The van der Waals surface area contributed by atoms with Gasteiger partial charge in [-0.25, -0.2) is 4.79 Å². The SMILES string of the molecule is CC(C)(C)OC(=O)Nc1ccc(O)c(CCN)c1. The molecular formula is C13H20N2O3. The van der Waals surface area contributed by atoms with Crippen LogP contribution in [0, 0.1) is 0 Å². The number of carbonyl (C=O) groups is 1. The van der Waals surface area contributed by atoms with Crippen LogP contribution < -0.4 is 11.1 Å². The molecule has 0 radical (unpaired) electrons. The van der Waals surface area contributed by atoms with Crippen molar-refractivity contribution in [1.82, 2.24) is 0 Å². The minimum absolute atomic E-state index is 0.176. The van der Waals surface area contributed by atoms with Gasteiger partial charge in [0.2, 0.25) is 0 Å². The van der Waals surface area contributed by atoms with Crippen molar-refractivity contribution in [2.75, 3.05) is 11.9 Å². The van der Waals surface area contributed by atoms with Gasteiger partial charge in [0.15, 0.2) is 0 Å². The topological polar surface area (TPSA) is 84.6 Å². The van der Waals surface area contributed by atoms with Gasteiger partial charge in [-0.1, -0.05) is 0 Å². The van der Waals surface area contributed by atoms with Crippen LogP contribution in [0.3, 0.4) is 0 Å². The van der Waals surface area contributed by atoms with Crippen molar-refractivity contribution in [3.05, 3.63) is 23.8 Å². The Hall–Kier alpha value is -1.75. The molecule has 0 aliphatic carbocycles. The van der Waals surface area contributed by atoms with Gasteiger partial charge in [0.1, 0.15) is 11.4 Å². The minimum Gasteiger partial charge on any atom is -0.508 e. The van der Waals surface area contributed by atoms with Gasteiger partial charge in [-0.15, -0.1) is 0 Å². The summed E-state index contributed by atoms with van der Waals surface area (Å²) < 4.78 is 5.13. The number of nitrogens with two attached hydrogens (primary N) is 1. The zero-order chi connectivity index (χ0) is 13.8. The Kier molecular flexibility index (Phi) is 4.55. The second-order valence-corrected chi connectivity index (χ2v) is 5.01. The predicted molar refractivity (Wildman–Crippen MR) is 70.7 cm³/mol. The van der Waals surface area contributed by atoms with Crippen molar-refractivity contribution >= 4 is 11.8 Å². The van der Waals surface area contributed by atoms with Crippen LogP contribution in [-0.2, 0) is 11.2 Å². The Bertz CT molecular complexity index is 425. The fourth-order valence-electron chi connectivity index (χ4n) is 1.44. The van der Waals surface area contributed by atoms with E-state index in [1.165, 1.54) is 6.07 Å². The van der Waals surface area contributed by atoms with E-state index in [1.807, 2.05) is 0 Å². The Morgan fingerprint density at radius 3 is 2.67 bits per heavy atom. The number of benzene rings is 1. The normalized spacial score (nSPS) is 11.1. The Labute approximate surface area is 107 Å². The molecule has 0 saturated carbocycles. The van der Waals surface area contributed by atoms with E-state index in [0.717, 1.165) is 0 Å². The molecule has 0 heterocycles. The van der Waals surface area contributed by atoms with Crippen molar-refractivity contribution < 1.29 is 14.6 Å². The molecule has 5 nitrogen and oxygen atoms in total. The summed E-state index contributed by atoms with van der Waals surface area (Å²) in [6.45, 7) is 5.82. The number of hydrogen-bond donors (Lipinski definition) is 3. The van der Waals surface area contributed by atoms with E-state index in [4.69, 9.17) is 10.5 Å². The molecule has 1 rings (SSSR count). The minimum atomic E-state index is -0.541. The molecule has 0 unspecified atom stereocenters. The molecule has 0 bridgehead atoms. The molecule has 0 aliphatic rings. The maximum Gasteiger partial charge on any atom is 0.412 e. The van der Waals surface area contributed by atoms with Gasteiger partial charge in [0.25, 0.3) is 0 Å². The number of aromatic hydroxyl groups is 1. The quantitative estimate of drug-likeness (QED) is 0.720. The van der Waals surface area contributed by atoms with Crippen molar-refractivity contribution in [3.63, 3.8) is 0 Å². The number of phenolic OH excluding ortho intramolecular Hbond substituents is 1. The molecule has 4 N–H and O–H groups in total. The molecule has 0 atom stereocenters. The summed E-state index contributed by atoms with van der Waals surface area (Å²) in [6, 6.07) is 4.82. The molecule has 1 amide bonds. The molecule has 0 aliphatic heterocycles. The van der Waals surface area contributed by atoms with Crippen molar-refractivity contribution in [2.24, 2.45) is 5.73 Å². The van der Waals surface area contributed by atoms with Gasteiger partial charge in [-0.05, 0) is 57.5 Å². The maximum absolute atomic E-state index is 11.6. The first-order valence-corrected chi connectivity index (χ1v) is 5.84. The first-order valence-electron chi connectivity index (χ1n) is 5.84. The highest BCUT2D eigenvalue weighted by atomic mass is 16.6. The third kappa shape index (κ3) is 4.63. The first kappa shape index (κ1) is 14.3. The number of amides is 1. The number of phenols is 1. The molecule has 1 aromatic rings. The van der Waals surface area contributed by atoms with E-state index in [0.29, 0.717) is 24.2 Å². The van der Waals surface area contributed by atoms with Gasteiger partial charge in [-0.3, -0.25) is 5.32 Å². The van der Waals surface area contributed by atoms with Gasteiger partial charge in [0, 0.05) is 5.69 Å². The van der Waals surface area contributed by atoms with Crippen LogP contribution in [0.1, 0.15) is 26.3 Å². The number of ether oxygens (including phenoxy) is 1. The molecule has 0 spiro atoms. The Morgan fingerprint density at radius 2 is 2.11 bits per heavy atom. The van der Waals surface area contributed by atoms with E-state index in [-0.39, 0.29) is 5.75 Å². The second kappa shape index (κ2) is 5.73. The summed E-state index contributed by atoms with van der Waals surface area (Å²) in [5, 5.41) is 12.2. The molecule has 5 heteroatoms. The number of anilines is 1. The van der Waals surface area contributed by atoms with Gasteiger partial charge >= 0.3 is 6.09 Å². The number of rotatable bonds is 3. The third-order valence-corrected chi connectivity index (χ3v) is 2.14. The fraction of sp³-hybridized carbons (Fsp3) is 0.462. The molecule has 0 saturated heterocycles. The lowest BCUT2D eigenvalue weighted by Gasteiger charge is -2.19. The van der Waals surface area contributed by atoms with Crippen molar-refractivity contribution in [2.45, 2.75) is 32.8 Å². The lowest BCUT2D eigenvalue weighted by atomic mass is 10.1. The summed E-state index contributed by atoms with van der Waals surface area (Å²) in [7, 11) is 0. The summed E-state index contributed by atoms with van der Waals surface area (Å²) in [5.41, 5.74) is 6.17. The van der Waals surface area contributed by atoms with E-state index < -0.39 is 11.7 Å². The Balaban J connectivity index is 2.73. The summed E-state index contributed by atoms with van der Waals surface area (Å²) in [5.74, 6) is 0.176. The Morgan fingerprint density at radius 1 is 1.44 bits per heavy atom. The zero-order valence-corrected chi connectivity index (χ0v) is 11.0. The van der Waals surface area contributed by atoms with E-state index in [1.54, 1.807) is 32.9 Å². The highest BCUT2D eigenvalue weighted by Gasteiger charge is 2.16. The van der Waals surface area contributed by atoms with Crippen LogP contribution in [0.15, 0.2) is 18.2 Å². The van der Waals surface area contributed by atoms with Gasteiger partial charge in [-0.2, -0.15) is 0 Å². The lowest BCUT2D eigenvalue weighted by molar-refractivity contribution is 0.0636. The highest BCUT2D eigenvalue weighted by molar-refractivity contribution is 5.85. The van der Waals surface area contributed by atoms with E-state index >= 15 is 0 Å². The largest absolute Gasteiger partial charge is 0.508 e. The van der Waals surface area contributed by atoms with Crippen LogP contribution in [0.4, 0.5) is 10.5 Å². The van der Waals surface area contributed by atoms with E-state index in [9.17, 15) is 9.90 Å². The number of carbonyl (C=O) groups excluding carboxylic acids is 1. The average molecular weight is 252 g/mol. The number of nitrogens with one attached hydrogen (secondary N) is 1. The average Bonchev–Trinajstić information content (AvgIpc) is 2.20. The standard InChI is InChI=1S/C13H20N2O3/c1-13(2,3)18-12(17)15-10-4-5-11(16)9(8-10)6-7-14/h4-5,8,16H,6-7,14H2,1-3H3,(H,15,17). The monoisotopic (exact) mass is 252 g/mol. The molecular weight excluding hydrogens is 232 g/mol. The van der Waals surface area contributed by atoms with Crippen LogP contribution in [0.5, 0.6) is 5.75 Å². The first-order chi connectivity index (χ1) is 8.31. The highest BCUT2D eigenvalue weighted by Crippen LogP contribution is 2.22. The zero-order valence-electron chi connectivity index (χ0n) is 11.0. The van der Waals surface area contributed by atoms with Crippen molar-refractivity contribution in [3.8, 4) is 5.75 Å². The molecule has 0 aromatic heterocycles. The maximum atomic E-state index is 11.6. The fourth-order valence-corrected chi connectivity index (χ4v) is 1.44. The number of hydrogen-bond acceptors (Lipinski definition) is 4. The predicted octanol–water partition coefficient (Wildman–Crippen LogP) is 2.24. The third-order valence-electron chi connectivity index (χ3n) is 2.14. The van der Waals surface area contributed by atoms with Crippen LogP contribution in [0.25, 0.3) is 0 Å². The lowest BCUT2D eigenvalue weighted by Crippen LogP contribution is -2.27. The smallest absolute Gasteiger partial charge is 0.412 e. The summed E-state index contributed by atoms with van der Waals surface area (Å²) >= 11 is 0. The van der Waals surface area contributed by atoms with E-state index in [2.05, 4.69) is 5.32 Å². The second-order valence-electron chi connectivity index (χ2n) is 5.01. The molecule has 18 heavy (non-hydrogen) atoms. The van der Waals surface area contributed by atoms with Crippen molar-refractivity contribution in [1.29, 1.82) is 0 Å². The van der Waals surface area contributed by atoms with Crippen LogP contribution >= 0.6 is 0 Å². The molecule has 1 aromatic carbocycles. The summed E-state index contributed by atoms with van der Waals surface area (Å²) in [4.78, 5) is 11.6. The van der Waals surface area contributed by atoms with Gasteiger partial charge < -0.3 is 15.6 Å². The van der Waals surface area contributed by atoms with Gasteiger partial charge in [0.05, 0.1) is 0 Å². The van der Waals surface area contributed by atoms with Crippen LogP contribution in [0.2, 0.25) is 0 Å². The summed E-state index contributed by atoms with van der Waals surface area (Å²) in [6.07, 6.45) is 0.0299. The van der Waals surface area contributed by atoms with Crippen LogP contribution in [-0.4, -0.2) is 23.3 Å².